The third kappa shape index (κ3) is 6.09. The van der Waals surface area contributed by atoms with Crippen LogP contribution in [-0.4, -0.2) is 62.8 Å². The molecule has 0 radical (unpaired) electrons. The van der Waals surface area contributed by atoms with Crippen LogP contribution in [0.15, 0.2) is 23.1 Å². The zero-order valence-corrected chi connectivity index (χ0v) is 18.6. The summed E-state index contributed by atoms with van der Waals surface area (Å²) in [7, 11) is -4.11. The van der Waals surface area contributed by atoms with Crippen LogP contribution in [0.4, 0.5) is 13.2 Å². The van der Waals surface area contributed by atoms with E-state index in [1.54, 1.807) is 0 Å². The van der Waals surface area contributed by atoms with Crippen molar-refractivity contribution in [3.05, 3.63) is 28.8 Å². The molecule has 1 heterocycles. The molecule has 6 nitrogen and oxygen atoms in total. The molecule has 1 aliphatic rings. The summed E-state index contributed by atoms with van der Waals surface area (Å²) < 4.78 is 65.8. The Hall–Kier alpha value is -1.36. The Bertz CT molecular complexity index is 837. The van der Waals surface area contributed by atoms with E-state index in [0.717, 1.165) is 36.1 Å². The Morgan fingerprint density at radius 1 is 1.23 bits per heavy atom. The van der Waals surface area contributed by atoms with Crippen LogP contribution in [0.25, 0.3) is 0 Å². The Labute approximate surface area is 180 Å². The molecule has 1 amide bonds. The predicted molar refractivity (Wildman–Crippen MR) is 109 cm³/mol. The fourth-order valence-electron chi connectivity index (χ4n) is 3.41. The van der Waals surface area contributed by atoms with Gasteiger partial charge in [0.05, 0.1) is 15.5 Å². The highest BCUT2D eigenvalue weighted by Gasteiger charge is 2.37. The number of piperidine rings is 1. The van der Waals surface area contributed by atoms with E-state index in [1.165, 1.54) is 0 Å². The number of carbonyl (C=O) groups is 1. The average Bonchev–Trinajstić information content (AvgIpc) is 2.70. The van der Waals surface area contributed by atoms with E-state index >= 15 is 0 Å². The molecule has 170 valence electrons. The number of nitrogens with zero attached hydrogens (tertiary/aromatic N) is 2. The molecule has 1 aromatic carbocycles. The Kier molecular flexibility index (Phi) is 8.55. The summed E-state index contributed by atoms with van der Waals surface area (Å²) in [4.78, 5) is 14.1. The largest absolute Gasteiger partial charge is 0.417 e. The maximum Gasteiger partial charge on any atom is 0.417 e. The molecule has 0 saturated carbocycles. The van der Waals surface area contributed by atoms with Gasteiger partial charge in [0.1, 0.15) is 0 Å². The van der Waals surface area contributed by atoms with Gasteiger partial charge < -0.3 is 10.2 Å². The molecular weight excluding hydrogens is 443 g/mol. The van der Waals surface area contributed by atoms with Crippen molar-refractivity contribution in [1.82, 2.24) is 14.5 Å². The van der Waals surface area contributed by atoms with E-state index in [1.807, 2.05) is 13.8 Å². The summed E-state index contributed by atoms with van der Waals surface area (Å²) in [5.74, 6) is -0.436. The van der Waals surface area contributed by atoms with Gasteiger partial charge in [-0.1, -0.05) is 25.4 Å². The minimum absolute atomic E-state index is 0.0699. The van der Waals surface area contributed by atoms with Gasteiger partial charge in [-0.25, -0.2) is 8.42 Å². The quantitative estimate of drug-likeness (QED) is 0.634. The third-order valence-electron chi connectivity index (χ3n) is 5.33. The van der Waals surface area contributed by atoms with Gasteiger partial charge in [0.2, 0.25) is 15.9 Å². The lowest BCUT2D eigenvalue weighted by Crippen LogP contribution is -2.44. The van der Waals surface area contributed by atoms with Gasteiger partial charge in [-0.05, 0) is 44.1 Å². The van der Waals surface area contributed by atoms with Gasteiger partial charge in [-0.15, -0.1) is 0 Å². The number of sulfonamides is 1. The lowest BCUT2D eigenvalue weighted by molar-refractivity contribution is -0.137. The number of rotatable bonds is 8. The van der Waals surface area contributed by atoms with Crippen molar-refractivity contribution in [2.45, 2.75) is 37.8 Å². The van der Waals surface area contributed by atoms with Crippen LogP contribution in [-0.2, 0) is 21.0 Å². The van der Waals surface area contributed by atoms with E-state index in [9.17, 15) is 26.4 Å². The van der Waals surface area contributed by atoms with Crippen LogP contribution < -0.4 is 5.32 Å². The number of likely N-dealkylation sites (N-methyl/N-ethyl adjacent to an activating group) is 1. The van der Waals surface area contributed by atoms with Crippen molar-refractivity contribution in [1.29, 1.82) is 0 Å². The smallest absolute Gasteiger partial charge is 0.355 e. The molecular formula is C19H27ClF3N3O3S. The number of benzene rings is 1. The monoisotopic (exact) mass is 469 g/mol. The number of amides is 1. The summed E-state index contributed by atoms with van der Waals surface area (Å²) >= 11 is 5.57. The number of halogens is 4. The van der Waals surface area contributed by atoms with Crippen LogP contribution >= 0.6 is 11.6 Å². The number of hydrogen-bond donors (Lipinski definition) is 1. The van der Waals surface area contributed by atoms with Gasteiger partial charge in [-0.3, -0.25) is 4.79 Å². The Morgan fingerprint density at radius 2 is 1.83 bits per heavy atom. The first kappa shape index (κ1) is 24.9. The van der Waals surface area contributed by atoms with Gasteiger partial charge in [0.15, 0.2) is 0 Å². The van der Waals surface area contributed by atoms with Crippen LogP contribution in [0.1, 0.15) is 32.3 Å². The first-order chi connectivity index (χ1) is 14.0. The fraction of sp³-hybridized carbons (Fsp3) is 0.632. The standard InChI is InChI=1S/C19H27ClF3N3O3S/c1-3-25(4-2)12-9-24-18(27)14-7-10-26(11-8-14)30(28,29)15-5-6-17(20)16(13-15)19(21,22)23/h5-6,13-14H,3-4,7-12H2,1-2H3,(H,24,27). The second kappa shape index (κ2) is 10.3. The molecule has 0 bridgehead atoms. The van der Waals surface area contributed by atoms with Gasteiger partial charge in [0, 0.05) is 32.1 Å². The van der Waals surface area contributed by atoms with Crippen molar-refractivity contribution in [2.24, 2.45) is 5.92 Å². The van der Waals surface area contributed by atoms with E-state index in [4.69, 9.17) is 11.6 Å². The highest BCUT2D eigenvalue weighted by Crippen LogP contribution is 2.36. The highest BCUT2D eigenvalue weighted by molar-refractivity contribution is 7.89. The van der Waals surface area contributed by atoms with Crippen LogP contribution in [0.3, 0.4) is 0 Å². The molecule has 2 rings (SSSR count). The topological polar surface area (TPSA) is 69.7 Å². The number of alkyl halides is 3. The molecule has 0 atom stereocenters. The molecule has 0 aromatic heterocycles. The Balaban J connectivity index is 1.98. The summed E-state index contributed by atoms with van der Waals surface area (Å²) in [6.07, 6.45) is -4.12. The predicted octanol–water partition coefficient (Wildman–Crippen LogP) is 3.22. The number of carbonyl (C=O) groups excluding carboxylic acids is 1. The maximum atomic E-state index is 13.1. The van der Waals surface area contributed by atoms with E-state index < -0.39 is 31.7 Å². The van der Waals surface area contributed by atoms with Crippen molar-refractivity contribution >= 4 is 27.5 Å². The van der Waals surface area contributed by atoms with Crippen molar-refractivity contribution < 1.29 is 26.4 Å². The normalized spacial score (nSPS) is 16.8. The second-order valence-electron chi connectivity index (χ2n) is 7.14. The van der Waals surface area contributed by atoms with Crippen molar-refractivity contribution in [3.8, 4) is 0 Å². The lowest BCUT2D eigenvalue weighted by atomic mass is 9.97. The molecule has 0 spiro atoms. The molecule has 1 fully saturated rings. The van der Waals surface area contributed by atoms with Crippen molar-refractivity contribution in [2.75, 3.05) is 39.3 Å². The maximum absolute atomic E-state index is 13.1. The minimum Gasteiger partial charge on any atom is -0.355 e. The molecule has 1 N–H and O–H groups in total. The summed E-state index contributed by atoms with van der Waals surface area (Å²) in [5, 5.41) is 2.32. The number of nitrogens with one attached hydrogen (secondary N) is 1. The summed E-state index contributed by atoms with van der Waals surface area (Å²) in [6.45, 7) is 7.27. The van der Waals surface area contributed by atoms with Crippen molar-refractivity contribution in [3.63, 3.8) is 0 Å². The molecule has 0 aliphatic carbocycles. The average molecular weight is 470 g/mol. The SMILES string of the molecule is CCN(CC)CCNC(=O)C1CCN(S(=O)(=O)c2ccc(Cl)c(C(F)(F)F)c2)CC1. The summed E-state index contributed by atoms with van der Waals surface area (Å²) in [6, 6.07) is 2.57. The van der Waals surface area contributed by atoms with E-state index in [-0.39, 0.29) is 24.9 Å². The lowest BCUT2D eigenvalue weighted by Gasteiger charge is -2.31. The zero-order chi connectivity index (χ0) is 22.5. The summed E-state index contributed by atoms with van der Waals surface area (Å²) in [5.41, 5.74) is -1.19. The van der Waals surface area contributed by atoms with E-state index in [2.05, 4.69) is 10.2 Å². The minimum atomic E-state index is -4.75. The molecule has 0 unspecified atom stereocenters. The van der Waals surface area contributed by atoms with Gasteiger partial charge in [0.25, 0.3) is 0 Å². The number of hydrogen-bond acceptors (Lipinski definition) is 4. The first-order valence-corrected chi connectivity index (χ1v) is 11.7. The van der Waals surface area contributed by atoms with E-state index in [0.29, 0.717) is 25.5 Å². The molecule has 30 heavy (non-hydrogen) atoms. The van der Waals surface area contributed by atoms with Gasteiger partial charge in [-0.2, -0.15) is 17.5 Å². The van der Waals surface area contributed by atoms with Crippen LogP contribution in [0.5, 0.6) is 0 Å². The molecule has 1 aliphatic heterocycles. The molecule has 1 saturated heterocycles. The van der Waals surface area contributed by atoms with Gasteiger partial charge >= 0.3 is 6.18 Å². The zero-order valence-electron chi connectivity index (χ0n) is 17.0. The highest BCUT2D eigenvalue weighted by atomic mass is 35.5. The molecule has 11 heteroatoms. The van der Waals surface area contributed by atoms with Crippen LogP contribution in [0.2, 0.25) is 5.02 Å². The Morgan fingerprint density at radius 3 is 2.37 bits per heavy atom. The second-order valence-corrected chi connectivity index (χ2v) is 9.48. The third-order valence-corrected chi connectivity index (χ3v) is 7.55. The van der Waals surface area contributed by atoms with Crippen LogP contribution in [0, 0.1) is 5.92 Å². The molecule has 1 aromatic rings. The fourth-order valence-corrected chi connectivity index (χ4v) is 5.13. The first-order valence-electron chi connectivity index (χ1n) is 9.87.